The highest BCUT2D eigenvalue weighted by atomic mass is 16.1. The molecule has 1 rings (SSSR count). The molecule has 1 amide bonds. The minimum Gasteiger partial charge on any atom is -0.355 e. The minimum absolute atomic E-state index is 0.0886. The summed E-state index contributed by atoms with van der Waals surface area (Å²) in [5, 5.41) is 2.95. The zero-order valence-corrected chi connectivity index (χ0v) is 10.6. The van der Waals surface area contributed by atoms with Crippen LogP contribution < -0.4 is 11.1 Å². The third kappa shape index (κ3) is 5.00. The highest BCUT2D eigenvalue weighted by Crippen LogP contribution is 2.13. The van der Waals surface area contributed by atoms with Crippen molar-refractivity contribution >= 4 is 5.91 Å². The first kappa shape index (κ1) is 13.7. The molecule has 3 nitrogen and oxygen atoms in total. The van der Waals surface area contributed by atoms with Crippen LogP contribution in [0.1, 0.15) is 31.7 Å². The topological polar surface area (TPSA) is 55.1 Å². The lowest BCUT2D eigenvalue weighted by Gasteiger charge is -2.14. The van der Waals surface area contributed by atoms with Crippen molar-refractivity contribution in [1.29, 1.82) is 0 Å². The minimum atomic E-state index is 0.0886. The molecule has 3 heteroatoms. The SMILES string of the molecule is CC(CN)CC(=O)NCC(C)c1ccccc1. The molecule has 0 radical (unpaired) electrons. The van der Waals surface area contributed by atoms with Gasteiger partial charge in [-0.25, -0.2) is 0 Å². The molecule has 1 aromatic rings. The Morgan fingerprint density at radius 2 is 1.94 bits per heavy atom. The van der Waals surface area contributed by atoms with E-state index in [4.69, 9.17) is 5.73 Å². The fraction of sp³-hybridized carbons (Fsp3) is 0.500. The van der Waals surface area contributed by atoms with E-state index < -0.39 is 0 Å². The van der Waals surface area contributed by atoms with Gasteiger partial charge in [0.15, 0.2) is 0 Å². The molecule has 3 N–H and O–H groups in total. The van der Waals surface area contributed by atoms with Gasteiger partial charge in [-0.05, 0) is 23.9 Å². The lowest BCUT2D eigenvalue weighted by Crippen LogP contribution is -2.30. The maximum atomic E-state index is 11.6. The molecule has 0 aromatic heterocycles. The number of nitrogens with two attached hydrogens (primary N) is 1. The van der Waals surface area contributed by atoms with E-state index in [1.807, 2.05) is 25.1 Å². The summed E-state index contributed by atoms with van der Waals surface area (Å²) >= 11 is 0. The van der Waals surface area contributed by atoms with Crippen LogP contribution in [0.2, 0.25) is 0 Å². The maximum absolute atomic E-state index is 11.6. The normalized spacial score (nSPS) is 14.1. The van der Waals surface area contributed by atoms with Crippen molar-refractivity contribution in [3.05, 3.63) is 35.9 Å². The fourth-order valence-electron chi connectivity index (χ4n) is 1.64. The highest BCUT2D eigenvalue weighted by molar-refractivity contribution is 5.76. The Kier molecular flexibility index (Phi) is 5.70. The van der Waals surface area contributed by atoms with Crippen LogP contribution in [0.4, 0.5) is 0 Å². The van der Waals surface area contributed by atoms with E-state index in [0.717, 1.165) is 0 Å². The molecule has 0 saturated carbocycles. The molecule has 0 aliphatic rings. The lowest BCUT2D eigenvalue weighted by molar-refractivity contribution is -0.121. The van der Waals surface area contributed by atoms with Crippen molar-refractivity contribution in [2.75, 3.05) is 13.1 Å². The molecule has 2 atom stereocenters. The number of nitrogens with one attached hydrogen (secondary N) is 1. The molecule has 0 heterocycles. The standard InChI is InChI=1S/C14H22N2O/c1-11(9-15)8-14(17)16-10-12(2)13-6-4-3-5-7-13/h3-7,11-12H,8-10,15H2,1-2H3,(H,16,17). The molecule has 0 aliphatic carbocycles. The van der Waals surface area contributed by atoms with Gasteiger partial charge in [0.25, 0.3) is 0 Å². The number of carbonyl (C=O) groups excluding carboxylic acids is 1. The van der Waals surface area contributed by atoms with Crippen LogP contribution >= 0.6 is 0 Å². The van der Waals surface area contributed by atoms with E-state index in [2.05, 4.69) is 24.4 Å². The van der Waals surface area contributed by atoms with E-state index in [-0.39, 0.29) is 11.8 Å². The van der Waals surface area contributed by atoms with Crippen molar-refractivity contribution in [2.45, 2.75) is 26.2 Å². The Labute approximate surface area is 103 Å². The Morgan fingerprint density at radius 1 is 1.29 bits per heavy atom. The van der Waals surface area contributed by atoms with Crippen LogP contribution in [0.25, 0.3) is 0 Å². The van der Waals surface area contributed by atoms with Crippen molar-refractivity contribution in [3.63, 3.8) is 0 Å². The summed E-state index contributed by atoms with van der Waals surface area (Å²) < 4.78 is 0. The third-order valence-corrected chi connectivity index (χ3v) is 2.91. The van der Waals surface area contributed by atoms with Crippen LogP contribution in [-0.2, 0) is 4.79 Å². The molecule has 2 unspecified atom stereocenters. The van der Waals surface area contributed by atoms with Crippen molar-refractivity contribution in [1.82, 2.24) is 5.32 Å². The van der Waals surface area contributed by atoms with Gasteiger partial charge >= 0.3 is 0 Å². The van der Waals surface area contributed by atoms with Crippen LogP contribution in [0.3, 0.4) is 0 Å². The fourth-order valence-corrected chi connectivity index (χ4v) is 1.64. The molecule has 0 aliphatic heterocycles. The van der Waals surface area contributed by atoms with E-state index in [1.54, 1.807) is 0 Å². The molecule has 0 spiro atoms. The number of rotatable bonds is 6. The van der Waals surface area contributed by atoms with Crippen molar-refractivity contribution in [3.8, 4) is 0 Å². The maximum Gasteiger partial charge on any atom is 0.220 e. The summed E-state index contributed by atoms with van der Waals surface area (Å²) in [7, 11) is 0. The number of hydrogen-bond acceptors (Lipinski definition) is 2. The zero-order valence-electron chi connectivity index (χ0n) is 10.6. The Hall–Kier alpha value is -1.35. The molecule has 0 bridgehead atoms. The lowest BCUT2D eigenvalue weighted by atomic mass is 10.0. The smallest absolute Gasteiger partial charge is 0.220 e. The summed E-state index contributed by atoms with van der Waals surface area (Å²) in [4.78, 5) is 11.6. The molecule has 0 saturated heterocycles. The quantitative estimate of drug-likeness (QED) is 0.789. The summed E-state index contributed by atoms with van der Waals surface area (Å²) in [5.74, 6) is 0.682. The summed E-state index contributed by atoms with van der Waals surface area (Å²) in [6.07, 6.45) is 0.512. The number of amides is 1. The van der Waals surface area contributed by atoms with Gasteiger partial charge < -0.3 is 11.1 Å². The van der Waals surface area contributed by atoms with Gasteiger partial charge in [-0.15, -0.1) is 0 Å². The molecular formula is C14H22N2O. The summed E-state index contributed by atoms with van der Waals surface area (Å²) in [6.45, 7) is 5.34. The summed E-state index contributed by atoms with van der Waals surface area (Å²) in [5.41, 5.74) is 6.74. The number of carbonyl (C=O) groups is 1. The van der Waals surface area contributed by atoms with Crippen LogP contribution in [-0.4, -0.2) is 19.0 Å². The van der Waals surface area contributed by atoms with Gasteiger partial charge in [-0.3, -0.25) is 4.79 Å². The Balaban J connectivity index is 2.33. The second-order valence-corrected chi connectivity index (χ2v) is 4.66. The van der Waals surface area contributed by atoms with E-state index in [9.17, 15) is 4.79 Å². The molecule has 1 aromatic carbocycles. The molecular weight excluding hydrogens is 212 g/mol. The van der Waals surface area contributed by atoms with Crippen LogP contribution in [0, 0.1) is 5.92 Å². The second-order valence-electron chi connectivity index (χ2n) is 4.66. The third-order valence-electron chi connectivity index (χ3n) is 2.91. The molecule has 0 fully saturated rings. The first-order chi connectivity index (χ1) is 8.13. The van der Waals surface area contributed by atoms with Gasteiger partial charge in [0.2, 0.25) is 5.91 Å². The molecule has 17 heavy (non-hydrogen) atoms. The van der Waals surface area contributed by atoms with Crippen molar-refractivity contribution in [2.24, 2.45) is 11.7 Å². The van der Waals surface area contributed by atoms with Gasteiger partial charge in [0.1, 0.15) is 0 Å². The highest BCUT2D eigenvalue weighted by Gasteiger charge is 2.09. The number of benzene rings is 1. The first-order valence-corrected chi connectivity index (χ1v) is 6.15. The Morgan fingerprint density at radius 3 is 2.53 bits per heavy atom. The largest absolute Gasteiger partial charge is 0.355 e. The van der Waals surface area contributed by atoms with Gasteiger partial charge in [0, 0.05) is 13.0 Å². The van der Waals surface area contributed by atoms with Gasteiger partial charge in [0.05, 0.1) is 0 Å². The predicted octanol–water partition coefficient (Wildman–Crippen LogP) is 1.89. The van der Waals surface area contributed by atoms with Gasteiger partial charge in [-0.1, -0.05) is 44.2 Å². The average Bonchev–Trinajstić information content (AvgIpc) is 2.36. The Bertz CT molecular complexity index is 337. The summed E-state index contributed by atoms with van der Waals surface area (Å²) in [6, 6.07) is 10.2. The second kappa shape index (κ2) is 7.07. The number of hydrogen-bond donors (Lipinski definition) is 2. The zero-order chi connectivity index (χ0) is 12.7. The monoisotopic (exact) mass is 234 g/mol. The van der Waals surface area contributed by atoms with Crippen molar-refractivity contribution < 1.29 is 4.79 Å². The van der Waals surface area contributed by atoms with Crippen LogP contribution in [0.5, 0.6) is 0 Å². The van der Waals surface area contributed by atoms with Gasteiger partial charge in [-0.2, -0.15) is 0 Å². The average molecular weight is 234 g/mol. The first-order valence-electron chi connectivity index (χ1n) is 6.15. The van der Waals surface area contributed by atoms with E-state index in [0.29, 0.717) is 25.4 Å². The van der Waals surface area contributed by atoms with Crippen LogP contribution in [0.15, 0.2) is 30.3 Å². The predicted molar refractivity (Wildman–Crippen MR) is 70.7 cm³/mol. The molecule has 94 valence electrons. The van der Waals surface area contributed by atoms with E-state index >= 15 is 0 Å². The van der Waals surface area contributed by atoms with E-state index in [1.165, 1.54) is 5.56 Å².